The first-order chi connectivity index (χ1) is 11.3. The van der Waals surface area contributed by atoms with E-state index in [-0.39, 0.29) is 17.0 Å². The second-order valence-electron chi connectivity index (χ2n) is 7.77. The largest absolute Gasteiger partial charge is 0.349 e. The number of benzene rings is 1. The van der Waals surface area contributed by atoms with Crippen LogP contribution in [0.25, 0.3) is 0 Å². The van der Waals surface area contributed by atoms with Gasteiger partial charge in [0, 0.05) is 12.1 Å². The van der Waals surface area contributed by atoms with Gasteiger partial charge in [0.2, 0.25) is 5.91 Å². The molecule has 0 spiro atoms. The Kier molecular flexibility index (Phi) is 4.65. The Labute approximate surface area is 142 Å². The highest BCUT2D eigenvalue weighted by atomic mass is 19.3. The van der Waals surface area contributed by atoms with Crippen molar-refractivity contribution < 1.29 is 13.6 Å². The fourth-order valence-electron chi connectivity index (χ4n) is 3.43. The fraction of sp³-hybridized carbons (Fsp3) is 0.632. The van der Waals surface area contributed by atoms with Crippen LogP contribution < -0.4 is 5.32 Å². The van der Waals surface area contributed by atoms with Gasteiger partial charge < -0.3 is 10.2 Å². The summed E-state index contributed by atoms with van der Waals surface area (Å²) >= 11 is 0. The van der Waals surface area contributed by atoms with Crippen molar-refractivity contribution in [3.8, 4) is 0 Å². The lowest BCUT2D eigenvalue weighted by atomic mass is 9.82. The number of alkyl halides is 2. The SMILES string of the molecule is CC(C)(C(=O)NC1(CN2CCCC2)CC1)c1cccc(C(F)F)c1. The second kappa shape index (κ2) is 6.43. The van der Waals surface area contributed by atoms with Crippen LogP contribution in [0.5, 0.6) is 0 Å². The zero-order chi connectivity index (χ0) is 17.4. The van der Waals surface area contributed by atoms with Gasteiger partial charge in [-0.1, -0.05) is 18.2 Å². The van der Waals surface area contributed by atoms with Crippen LogP contribution in [0.4, 0.5) is 8.78 Å². The average Bonchev–Trinajstić information content (AvgIpc) is 3.09. The minimum Gasteiger partial charge on any atom is -0.349 e. The molecule has 0 unspecified atom stereocenters. The molecule has 0 aromatic heterocycles. The second-order valence-corrected chi connectivity index (χ2v) is 7.77. The first-order valence-electron chi connectivity index (χ1n) is 8.76. The predicted octanol–water partition coefficient (Wildman–Crippen LogP) is 3.65. The summed E-state index contributed by atoms with van der Waals surface area (Å²) in [5.41, 5.74) is -0.341. The molecule has 1 aromatic carbocycles. The number of halogens is 2. The van der Waals surface area contributed by atoms with Gasteiger partial charge in [0.15, 0.2) is 0 Å². The highest BCUT2D eigenvalue weighted by Crippen LogP contribution is 2.38. The van der Waals surface area contributed by atoms with E-state index in [1.807, 2.05) is 0 Å². The molecule has 2 fully saturated rings. The summed E-state index contributed by atoms with van der Waals surface area (Å²) in [4.78, 5) is 15.3. The van der Waals surface area contributed by atoms with Gasteiger partial charge in [-0.25, -0.2) is 8.78 Å². The maximum Gasteiger partial charge on any atom is 0.263 e. The maximum atomic E-state index is 12.9. The summed E-state index contributed by atoms with van der Waals surface area (Å²) in [7, 11) is 0. The number of carbonyl (C=O) groups is 1. The van der Waals surface area contributed by atoms with Crippen LogP contribution in [0.2, 0.25) is 0 Å². The predicted molar refractivity (Wildman–Crippen MR) is 90.2 cm³/mol. The molecule has 132 valence electrons. The summed E-state index contributed by atoms with van der Waals surface area (Å²) < 4.78 is 25.9. The van der Waals surface area contributed by atoms with E-state index in [2.05, 4.69) is 10.2 Å². The average molecular weight is 336 g/mol. The minimum absolute atomic E-state index is 0.0356. The van der Waals surface area contributed by atoms with Crippen molar-refractivity contribution in [3.63, 3.8) is 0 Å². The molecule has 1 aliphatic carbocycles. The third kappa shape index (κ3) is 3.61. The van der Waals surface area contributed by atoms with Crippen molar-refractivity contribution in [2.24, 2.45) is 0 Å². The molecule has 3 nitrogen and oxygen atoms in total. The Morgan fingerprint density at radius 2 is 1.96 bits per heavy atom. The normalized spacial score (nSPS) is 20.4. The number of rotatable bonds is 6. The molecule has 24 heavy (non-hydrogen) atoms. The molecule has 0 atom stereocenters. The molecule has 0 radical (unpaired) electrons. The van der Waals surface area contributed by atoms with Crippen LogP contribution >= 0.6 is 0 Å². The molecule has 1 saturated carbocycles. The lowest BCUT2D eigenvalue weighted by Crippen LogP contribution is -2.50. The van der Waals surface area contributed by atoms with Crippen molar-refractivity contribution in [2.45, 2.75) is 56.9 Å². The highest BCUT2D eigenvalue weighted by molar-refractivity contribution is 5.88. The van der Waals surface area contributed by atoms with E-state index in [1.54, 1.807) is 26.0 Å². The number of carbonyl (C=O) groups excluding carboxylic acids is 1. The van der Waals surface area contributed by atoms with Crippen LogP contribution in [0.3, 0.4) is 0 Å². The molecule has 1 aliphatic heterocycles. The Bertz CT molecular complexity index is 605. The molecule has 0 bridgehead atoms. The summed E-state index contributed by atoms with van der Waals surface area (Å²) in [5.74, 6) is -0.0781. The van der Waals surface area contributed by atoms with Crippen molar-refractivity contribution in [3.05, 3.63) is 35.4 Å². The van der Waals surface area contributed by atoms with E-state index in [0.717, 1.165) is 32.5 Å². The number of nitrogens with zero attached hydrogens (tertiary/aromatic N) is 1. The first-order valence-corrected chi connectivity index (χ1v) is 8.76. The van der Waals surface area contributed by atoms with Crippen LogP contribution in [0.15, 0.2) is 24.3 Å². The Morgan fingerprint density at radius 3 is 2.54 bits per heavy atom. The van der Waals surface area contributed by atoms with E-state index in [1.165, 1.54) is 25.0 Å². The quantitative estimate of drug-likeness (QED) is 0.860. The van der Waals surface area contributed by atoms with Gasteiger partial charge in [0.25, 0.3) is 6.43 Å². The summed E-state index contributed by atoms with van der Waals surface area (Å²) in [6.07, 6.45) is 1.95. The van der Waals surface area contributed by atoms with Crippen molar-refractivity contribution >= 4 is 5.91 Å². The lowest BCUT2D eigenvalue weighted by Gasteiger charge is -2.30. The molecule has 1 amide bonds. The van der Waals surface area contributed by atoms with Gasteiger partial charge in [-0.05, 0) is 64.3 Å². The topological polar surface area (TPSA) is 32.3 Å². The van der Waals surface area contributed by atoms with Crippen LogP contribution in [-0.4, -0.2) is 36.0 Å². The smallest absolute Gasteiger partial charge is 0.263 e. The van der Waals surface area contributed by atoms with E-state index in [4.69, 9.17) is 0 Å². The molecular formula is C19H26F2N2O. The summed E-state index contributed by atoms with van der Waals surface area (Å²) in [6.45, 7) is 6.73. The van der Waals surface area contributed by atoms with Crippen LogP contribution in [0, 0.1) is 0 Å². The fourth-order valence-corrected chi connectivity index (χ4v) is 3.43. The molecule has 1 saturated heterocycles. The molecule has 1 N–H and O–H groups in total. The highest BCUT2D eigenvalue weighted by Gasteiger charge is 2.47. The number of hydrogen-bond donors (Lipinski definition) is 1. The molecular weight excluding hydrogens is 310 g/mol. The molecule has 1 aromatic rings. The van der Waals surface area contributed by atoms with Gasteiger partial charge in [-0.3, -0.25) is 4.79 Å². The van der Waals surface area contributed by atoms with E-state index >= 15 is 0 Å². The third-order valence-corrected chi connectivity index (χ3v) is 5.39. The lowest BCUT2D eigenvalue weighted by molar-refractivity contribution is -0.126. The van der Waals surface area contributed by atoms with Crippen molar-refractivity contribution in [2.75, 3.05) is 19.6 Å². The number of likely N-dealkylation sites (tertiary alicyclic amines) is 1. The molecule has 5 heteroatoms. The van der Waals surface area contributed by atoms with Gasteiger partial charge in [-0.2, -0.15) is 0 Å². The van der Waals surface area contributed by atoms with E-state index in [9.17, 15) is 13.6 Å². The molecule has 1 heterocycles. The third-order valence-electron chi connectivity index (χ3n) is 5.39. The monoisotopic (exact) mass is 336 g/mol. The maximum absolute atomic E-state index is 12.9. The first kappa shape index (κ1) is 17.3. The zero-order valence-corrected chi connectivity index (χ0v) is 14.4. The standard InChI is InChI=1S/C19H26F2N2O/c1-18(2,15-7-5-6-14(12-15)16(20)21)17(24)22-19(8-9-19)13-23-10-3-4-11-23/h5-7,12,16H,3-4,8-11,13H2,1-2H3,(H,22,24). The Balaban J connectivity index is 1.70. The number of hydrogen-bond acceptors (Lipinski definition) is 2. The van der Waals surface area contributed by atoms with Gasteiger partial charge >= 0.3 is 0 Å². The molecule has 3 rings (SSSR count). The van der Waals surface area contributed by atoms with Gasteiger partial charge in [0.1, 0.15) is 0 Å². The number of amides is 1. The van der Waals surface area contributed by atoms with E-state index in [0.29, 0.717) is 5.56 Å². The molecule has 2 aliphatic rings. The van der Waals surface area contributed by atoms with Crippen LogP contribution in [0.1, 0.15) is 57.1 Å². The van der Waals surface area contributed by atoms with E-state index < -0.39 is 11.8 Å². The van der Waals surface area contributed by atoms with Crippen molar-refractivity contribution in [1.82, 2.24) is 10.2 Å². The Hall–Kier alpha value is -1.49. The summed E-state index contributed by atoms with van der Waals surface area (Å²) in [6, 6.07) is 6.21. The van der Waals surface area contributed by atoms with Crippen molar-refractivity contribution in [1.29, 1.82) is 0 Å². The van der Waals surface area contributed by atoms with Crippen LogP contribution in [-0.2, 0) is 10.2 Å². The zero-order valence-electron chi connectivity index (χ0n) is 14.4. The number of nitrogens with one attached hydrogen (secondary N) is 1. The summed E-state index contributed by atoms with van der Waals surface area (Å²) in [5, 5.41) is 3.21. The van der Waals surface area contributed by atoms with Gasteiger partial charge in [-0.15, -0.1) is 0 Å². The minimum atomic E-state index is -2.52. The van der Waals surface area contributed by atoms with Gasteiger partial charge in [0.05, 0.1) is 11.0 Å². The Morgan fingerprint density at radius 1 is 1.29 bits per heavy atom.